The van der Waals surface area contributed by atoms with Crippen LogP contribution in [0.4, 0.5) is 11.4 Å². The Morgan fingerprint density at radius 3 is 2.56 bits per heavy atom. The zero-order valence-corrected chi connectivity index (χ0v) is 23.5. The minimum atomic E-state index is 0.283. The minimum absolute atomic E-state index is 0.283. The number of allylic oxidation sites excluding steroid dienone is 2. The van der Waals surface area contributed by atoms with E-state index in [-0.39, 0.29) is 6.04 Å². The number of nitrogens with one attached hydrogen (secondary N) is 1. The van der Waals surface area contributed by atoms with Crippen LogP contribution >= 0.6 is 15.9 Å². The van der Waals surface area contributed by atoms with E-state index < -0.39 is 0 Å². The maximum absolute atomic E-state index is 6.12. The molecule has 4 aromatic rings. The molecule has 0 radical (unpaired) electrons. The maximum Gasteiger partial charge on any atom is 0.175 e. The Kier molecular flexibility index (Phi) is 7.51. The molecule has 0 saturated carbocycles. The fraction of sp³-hybridized carbons (Fsp3) is 0.206. The summed E-state index contributed by atoms with van der Waals surface area (Å²) in [6.07, 6.45) is 7.67. The van der Waals surface area contributed by atoms with Gasteiger partial charge in [-0.2, -0.15) is 0 Å². The minimum Gasteiger partial charge on any atom is -0.490 e. The number of benzene rings is 4. The topological polar surface area (TPSA) is 42.8 Å². The van der Waals surface area contributed by atoms with Crippen LogP contribution < -0.4 is 14.8 Å². The Balaban J connectivity index is 1.18. The van der Waals surface area contributed by atoms with Gasteiger partial charge in [0.15, 0.2) is 11.5 Å². The Hall–Kier alpha value is -3.83. The van der Waals surface area contributed by atoms with Crippen LogP contribution in [0.3, 0.4) is 0 Å². The molecule has 1 heterocycles. The average molecular weight is 580 g/mol. The Bertz CT molecular complexity index is 1500. The Morgan fingerprint density at radius 1 is 0.949 bits per heavy atom. The van der Waals surface area contributed by atoms with Crippen LogP contribution in [0.25, 0.3) is 0 Å². The molecule has 4 aromatic carbocycles. The maximum atomic E-state index is 6.12. The molecule has 2 aliphatic rings. The van der Waals surface area contributed by atoms with Crippen molar-refractivity contribution in [1.29, 1.82) is 0 Å². The van der Waals surface area contributed by atoms with Crippen molar-refractivity contribution in [3.63, 3.8) is 0 Å². The molecule has 0 unspecified atom stereocenters. The van der Waals surface area contributed by atoms with Gasteiger partial charge in [-0.25, -0.2) is 0 Å². The second-order valence-corrected chi connectivity index (χ2v) is 10.8. The molecule has 0 amide bonds. The molecule has 0 aromatic heterocycles. The number of hydrogen-bond donors (Lipinski definition) is 1. The Labute approximate surface area is 238 Å². The standard InChI is InChI=1S/C34H31BrN2O2/c1-2-38-32-20-24(19-30(35)34(32)39-22-23-9-4-3-5-10-23)21-36-26-17-15-25(16-18-26)33-29-13-8-12-27(29)28-11-6-7-14-31(28)37-33/h3-12,14-21,27,29,33,37H,2,13,22H2,1H3/t27-,29-,33-/m0/s1. The van der Waals surface area contributed by atoms with Crippen molar-refractivity contribution in [2.45, 2.75) is 31.9 Å². The third kappa shape index (κ3) is 5.50. The lowest BCUT2D eigenvalue weighted by molar-refractivity contribution is 0.267. The molecular formula is C34H31BrN2O2. The number of rotatable bonds is 8. The average Bonchev–Trinajstić information content (AvgIpc) is 3.47. The zero-order chi connectivity index (χ0) is 26.6. The Morgan fingerprint density at radius 2 is 1.74 bits per heavy atom. The highest BCUT2D eigenvalue weighted by Crippen LogP contribution is 2.49. The van der Waals surface area contributed by atoms with E-state index in [2.05, 4.69) is 81.9 Å². The molecule has 0 saturated heterocycles. The van der Waals surface area contributed by atoms with Gasteiger partial charge in [-0.3, -0.25) is 4.99 Å². The normalized spacial score (nSPS) is 19.4. The summed E-state index contributed by atoms with van der Waals surface area (Å²) in [5.74, 6) is 2.40. The summed E-state index contributed by atoms with van der Waals surface area (Å²) in [5, 5.41) is 3.80. The van der Waals surface area contributed by atoms with Crippen LogP contribution in [-0.4, -0.2) is 12.8 Å². The van der Waals surface area contributed by atoms with Crippen LogP contribution in [0.5, 0.6) is 11.5 Å². The number of hydrogen-bond acceptors (Lipinski definition) is 4. The molecule has 4 nitrogen and oxygen atoms in total. The molecule has 3 atom stereocenters. The molecule has 39 heavy (non-hydrogen) atoms. The third-order valence-corrected chi connectivity index (χ3v) is 8.03. The number of ether oxygens (including phenoxy) is 2. The molecule has 0 bridgehead atoms. The molecule has 1 aliphatic heterocycles. The third-order valence-electron chi connectivity index (χ3n) is 7.44. The van der Waals surface area contributed by atoms with Crippen molar-refractivity contribution < 1.29 is 9.47 Å². The number of nitrogens with zero attached hydrogens (tertiary/aromatic N) is 1. The first-order valence-electron chi connectivity index (χ1n) is 13.5. The van der Waals surface area contributed by atoms with E-state index in [9.17, 15) is 0 Å². The van der Waals surface area contributed by atoms with Crippen molar-refractivity contribution in [3.05, 3.63) is 130 Å². The van der Waals surface area contributed by atoms with Gasteiger partial charge in [0.05, 0.1) is 22.8 Å². The molecule has 1 aliphatic carbocycles. The summed E-state index contributed by atoms with van der Waals surface area (Å²) < 4.78 is 12.9. The van der Waals surface area contributed by atoms with Gasteiger partial charge in [-0.1, -0.05) is 72.8 Å². The second kappa shape index (κ2) is 11.5. The quantitative estimate of drug-likeness (QED) is 0.167. The second-order valence-electron chi connectivity index (χ2n) is 9.95. The lowest BCUT2D eigenvalue weighted by Gasteiger charge is -2.37. The fourth-order valence-corrected chi connectivity index (χ4v) is 6.16. The SMILES string of the molecule is CCOc1cc(C=Nc2ccc([C@@H]3Nc4ccccc4[C@@H]4C=CC[C@@H]43)cc2)cc(Br)c1OCc1ccccc1. The van der Waals surface area contributed by atoms with Crippen LogP contribution in [0.1, 0.15) is 47.6 Å². The highest BCUT2D eigenvalue weighted by molar-refractivity contribution is 9.10. The number of anilines is 1. The zero-order valence-electron chi connectivity index (χ0n) is 21.9. The van der Waals surface area contributed by atoms with Gasteiger partial charge in [-0.15, -0.1) is 0 Å². The largest absolute Gasteiger partial charge is 0.490 e. The molecule has 0 fully saturated rings. The molecule has 5 heteroatoms. The van der Waals surface area contributed by atoms with Crippen molar-refractivity contribution >= 4 is 33.5 Å². The highest BCUT2D eigenvalue weighted by atomic mass is 79.9. The van der Waals surface area contributed by atoms with E-state index in [1.54, 1.807) is 0 Å². The summed E-state index contributed by atoms with van der Waals surface area (Å²) in [6, 6.07) is 31.7. The van der Waals surface area contributed by atoms with E-state index in [1.165, 1.54) is 16.8 Å². The molecule has 6 rings (SSSR count). The first-order chi connectivity index (χ1) is 19.2. The first-order valence-corrected chi connectivity index (χ1v) is 14.3. The number of aliphatic imine (C=N–C) groups is 1. The van der Waals surface area contributed by atoms with Gasteiger partial charge in [0.2, 0.25) is 0 Å². The van der Waals surface area contributed by atoms with Crippen molar-refractivity contribution in [2.24, 2.45) is 10.9 Å². The van der Waals surface area contributed by atoms with E-state index >= 15 is 0 Å². The van der Waals surface area contributed by atoms with Crippen molar-refractivity contribution in [3.8, 4) is 11.5 Å². The van der Waals surface area contributed by atoms with E-state index in [0.29, 0.717) is 36.5 Å². The van der Waals surface area contributed by atoms with Gasteiger partial charge >= 0.3 is 0 Å². The summed E-state index contributed by atoms with van der Waals surface area (Å²) in [5.41, 5.74) is 6.89. The monoisotopic (exact) mass is 578 g/mol. The van der Waals surface area contributed by atoms with Gasteiger partial charge < -0.3 is 14.8 Å². The van der Waals surface area contributed by atoms with Gasteiger partial charge in [0.25, 0.3) is 0 Å². The predicted molar refractivity (Wildman–Crippen MR) is 163 cm³/mol. The number of para-hydroxylation sites is 1. The molecule has 196 valence electrons. The van der Waals surface area contributed by atoms with Crippen LogP contribution in [0.15, 0.2) is 113 Å². The number of fused-ring (bicyclic) bond motifs is 3. The molecule has 1 N–H and O–H groups in total. The van der Waals surface area contributed by atoms with E-state index in [1.807, 2.05) is 55.6 Å². The predicted octanol–water partition coefficient (Wildman–Crippen LogP) is 9.00. The van der Waals surface area contributed by atoms with Crippen LogP contribution in [-0.2, 0) is 6.61 Å². The van der Waals surface area contributed by atoms with E-state index in [0.717, 1.165) is 27.7 Å². The van der Waals surface area contributed by atoms with E-state index in [4.69, 9.17) is 14.5 Å². The number of halogens is 1. The summed E-state index contributed by atoms with van der Waals surface area (Å²) >= 11 is 3.68. The smallest absolute Gasteiger partial charge is 0.175 e. The molecular weight excluding hydrogens is 548 g/mol. The lowest BCUT2D eigenvalue weighted by Crippen LogP contribution is -2.28. The summed E-state index contributed by atoms with van der Waals surface area (Å²) in [7, 11) is 0. The van der Waals surface area contributed by atoms with Crippen LogP contribution in [0.2, 0.25) is 0 Å². The lowest BCUT2D eigenvalue weighted by atomic mass is 9.77. The summed E-state index contributed by atoms with van der Waals surface area (Å²) in [6.45, 7) is 2.99. The van der Waals surface area contributed by atoms with Gasteiger partial charge in [-0.05, 0) is 87.8 Å². The van der Waals surface area contributed by atoms with Crippen LogP contribution in [0, 0.1) is 5.92 Å². The van der Waals surface area contributed by atoms with Gasteiger partial charge in [0, 0.05) is 17.8 Å². The van der Waals surface area contributed by atoms with Crippen molar-refractivity contribution in [2.75, 3.05) is 11.9 Å². The van der Waals surface area contributed by atoms with Gasteiger partial charge in [0.1, 0.15) is 6.61 Å². The molecule has 0 spiro atoms. The summed E-state index contributed by atoms with van der Waals surface area (Å²) in [4.78, 5) is 4.76. The highest BCUT2D eigenvalue weighted by Gasteiger charge is 2.37. The first kappa shape index (κ1) is 25.4. The van der Waals surface area contributed by atoms with Crippen molar-refractivity contribution in [1.82, 2.24) is 0 Å². The fourth-order valence-electron chi connectivity index (χ4n) is 5.59.